The van der Waals surface area contributed by atoms with Gasteiger partial charge < -0.3 is 5.73 Å². The molecule has 96 valence electrons. The Morgan fingerprint density at radius 1 is 1.29 bits per heavy atom. The largest absolute Gasteiger partial charge is 0.328 e. The van der Waals surface area contributed by atoms with Crippen LogP contribution in [0.2, 0.25) is 0 Å². The molecule has 0 radical (unpaired) electrons. The number of likely N-dealkylation sites (tertiary alicyclic amines) is 1. The molecule has 4 heteroatoms. The zero-order valence-corrected chi connectivity index (χ0v) is 10.6. The normalized spacial score (nSPS) is 25.6. The second-order valence-corrected chi connectivity index (χ2v) is 5.63. The summed E-state index contributed by atoms with van der Waals surface area (Å²) in [4.78, 5) is 25.8. The van der Waals surface area contributed by atoms with E-state index in [1.165, 1.54) is 11.3 Å². The highest BCUT2D eigenvalue weighted by molar-refractivity contribution is 6.05. The molecule has 1 heterocycles. The molecular weight excluding hydrogens is 216 g/mol. The second kappa shape index (κ2) is 4.77. The van der Waals surface area contributed by atoms with Gasteiger partial charge in [0.2, 0.25) is 11.8 Å². The molecule has 2 aliphatic rings. The molecule has 1 saturated heterocycles. The smallest absolute Gasteiger partial charge is 0.235 e. The molecule has 0 aromatic heterocycles. The van der Waals surface area contributed by atoms with E-state index in [0.717, 1.165) is 25.7 Å². The average molecular weight is 238 g/mol. The van der Waals surface area contributed by atoms with Gasteiger partial charge in [0.1, 0.15) is 0 Å². The Morgan fingerprint density at radius 3 is 2.53 bits per heavy atom. The molecule has 4 nitrogen and oxygen atoms in total. The topological polar surface area (TPSA) is 63.4 Å². The highest BCUT2D eigenvalue weighted by Crippen LogP contribution is 2.45. The zero-order valence-electron chi connectivity index (χ0n) is 10.6. The van der Waals surface area contributed by atoms with Crippen LogP contribution in [-0.2, 0) is 9.59 Å². The summed E-state index contributed by atoms with van der Waals surface area (Å²) in [6.07, 6.45) is 6.29. The van der Waals surface area contributed by atoms with Crippen LogP contribution in [-0.4, -0.2) is 29.3 Å². The Morgan fingerprint density at radius 2 is 1.94 bits per heavy atom. The third-order valence-electron chi connectivity index (χ3n) is 4.11. The summed E-state index contributed by atoms with van der Waals surface area (Å²) in [5.41, 5.74) is 5.34. The maximum atomic E-state index is 12.4. The van der Waals surface area contributed by atoms with E-state index >= 15 is 0 Å². The number of imide groups is 1. The lowest BCUT2D eigenvalue weighted by Crippen LogP contribution is -2.38. The molecule has 1 aliphatic heterocycles. The van der Waals surface area contributed by atoms with Crippen LogP contribution in [0.1, 0.15) is 51.9 Å². The fraction of sp³-hybridized carbons (Fsp3) is 0.846. The maximum Gasteiger partial charge on any atom is 0.235 e. The number of nitrogens with zero attached hydrogens (tertiary/aromatic N) is 1. The second-order valence-electron chi connectivity index (χ2n) is 5.63. The predicted octanol–water partition coefficient (Wildman–Crippen LogP) is 1.43. The number of amides is 2. The number of rotatable bonds is 3. The number of nitrogens with two attached hydrogens (primary N) is 1. The molecule has 0 aromatic rings. The van der Waals surface area contributed by atoms with Gasteiger partial charge in [-0.1, -0.05) is 19.3 Å². The fourth-order valence-electron chi connectivity index (χ4n) is 3.04. The van der Waals surface area contributed by atoms with Crippen LogP contribution in [0, 0.1) is 5.41 Å². The lowest BCUT2D eigenvalue weighted by atomic mass is 9.73. The Labute approximate surface area is 103 Å². The standard InChI is InChI=1S/C13H22N2O2/c1-10(14)5-8-15-11(16)9-13(12(15)17)6-3-2-4-7-13/h10H,2-9,14H2,1H3. The lowest BCUT2D eigenvalue weighted by Gasteiger charge is -2.30. The summed E-state index contributed by atoms with van der Waals surface area (Å²) in [6, 6.07) is 0.0403. The van der Waals surface area contributed by atoms with Crippen LogP contribution in [0.4, 0.5) is 0 Å². The van der Waals surface area contributed by atoms with Gasteiger partial charge in [0.15, 0.2) is 0 Å². The van der Waals surface area contributed by atoms with Crippen molar-refractivity contribution in [2.75, 3.05) is 6.54 Å². The van der Waals surface area contributed by atoms with Crippen molar-refractivity contribution in [1.29, 1.82) is 0 Å². The first-order valence-corrected chi connectivity index (χ1v) is 6.65. The third kappa shape index (κ3) is 2.37. The summed E-state index contributed by atoms with van der Waals surface area (Å²) < 4.78 is 0. The summed E-state index contributed by atoms with van der Waals surface area (Å²) in [7, 11) is 0. The number of carbonyl (C=O) groups is 2. The summed E-state index contributed by atoms with van der Waals surface area (Å²) >= 11 is 0. The van der Waals surface area contributed by atoms with E-state index in [1.807, 2.05) is 6.92 Å². The first-order chi connectivity index (χ1) is 8.05. The van der Waals surface area contributed by atoms with Gasteiger partial charge >= 0.3 is 0 Å². The Kier molecular flexibility index (Phi) is 3.52. The summed E-state index contributed by atoms with van der Waals surface area (Å²) in [5.74, 6) is 0.0837. The molecule has 1 spiro atoms. The van der Waals surface area contributed by atoms with Gasteiger partial charge in [0.05, 0.1) is 5.41 Å². The van der Waals surface area contributed by atoms with E-state index in [2.05, 4.69) is 0 Å². The molecule has 1 unspecified atom stereocenters. The van der Waals surface area contributed by atoms with Gasteiger partial charge in [0.25, 0.3) is 0 Å². The van der Waals surface area contributed by atoms with Crippen molar-refractivity contribution >= 4 is 11.8 Å². The monoisotopic (exact) mass is 238 g/mol. The molecule has 0 aromatic carbocycles. The Hall–Kier alpha value is -0.900. The molecule has 2 rings (SSSR count). The minimum atomic E-state index is -0.340. The van der Waals surface area contributed by atoms with Crippen molar-refractivity contribution in [3.05, 3.63) is 0 Å². The Bertz CT molecular complexity index is 319. The highest BCUT2D eigenvalue weighted by atomic mass is 16.2. The quantitative estimate of drug-likeness (QED) is 0.757. The molecular formula is C13H22N2O2. The first kappa shape index (κ1) is 12.6. The predicted molar refractivity (Wildman–Crippen MR) is 65.1 cm³/mol. The third-order valence-corrected chi connectivity index (χ3v) is 4.11. The van der Waals surface area contributed by atoms with Gasteiger partial charge in [-0.3, -0.25) is 14.5 Å². The Balaban J connectivity index is 2.05. The van der Waals surface area contributed by atoms with E-state index in [1.54, 1.807) is 0 Å². The van der Waals surface area contributed by atoms with Gasteiger partial charge in [-0.2, -0.15) is 0 Å². The van der Waals surface area contributed by atoms with E-state index in [0.29, 0.717) is 19.4 Å². The molecule has 2 amide bonds. The van der Waals surface area contributed by atoms with E-state index in [4.69, 9.17) is 5.73 Å². The van der Waals surface area contributed by atoms with Crippen molar-refractivity contribution in [1.82, 2.24) is 4.90 Å². The van der Waals surface area contributed by atoms with E-state index in [-0.39, 0.29) is 23.3 Å². The lowest BCUT2D eigenvalue weighted by molar-refractivity contribution is -0.142. The molecule has 1 aliphatic carbocycles. The zero-order chi connectivity index (χ0) is 12.5. The highest BCUT2D eigenvalue weighted by Gasteiger charge is 2.51. The summed E-state index contributed by atoms with van der Waals surface area (Å²) in [6.45, 7) is 2.40. The number of hydrogen-bond acceptors (Lipinski definition) is 3. The van der Waals surface area contributed by atoms with Crippen LogP contribution < -0.4 is 5.73 Å². The molecule has 0 bridgehead atoms. The van der Waals surface area contributed by atoms with Crippen LogP contribution in [0.25, 0.3) is 0 Å². The van der Waals surface area contributed by atoms with Crippen LogP contribution in [0.15, 0.2) is 0 Å². The average Bonchev–Trinajstić information content (AvgIpc) is 2.50. The molecule has 1 saturated carbocycles. The van der Waals surface area contributed by atoms with Crippen molar-refractivity contribution in [2.24, 2.45) is 11.1 Å². The van der Waals surface area contributed by atoms with Crippen molar-refractivity contribution < 1.29 is 9.59 Å². The molecule has 2 N–H and O–H groups in total. The first-order valence-electron chi connectivity index (χ1n) is 6.65. The molecule has 1 atom stereocenters. The van der Waals surface area contributed by atoms with E-state index in [9.17, 15) is 9.59 Å². The van der Waals surface area contributed by atoms with Gasteiger partial charge in [0, 0.05) is 19.0 Å². The van der Waals surface area contributed by atoms with Crippen molar-refractivity contribution in [3.63, 3.8) is 0 Å². The summed E-state index contributed by atoms with van der Waals surface area (Å²) in [5, 5.41) is 0. The molecule has 2 fully saturated rings. The van der Waals surface area contributed by atoms with Gasteiger partial charge in [-0.15, -0.1) is 0 Å². The number of hydrogen-bond donors (Lipinski definition) is 1. The van der Waals surface area contributed by atoms with Crippen LogP contribution in [0.5, 0.6) is 0 Å². The van der Waals surface area contributed by atoms with Gasteiger partial charge in [-0.05, 0) is 26.2 Å². The van der Waals surface area contributed by atoms with Crippen LogP contribution in [0.3, 0.4) is 0 Å². The minimum absolute atomic E-state index is 0.0116. The number of carbonyl (C=O) groups excluding carboxylic acids is 2. The van der Waals surface area contributed by atoms with Crippen molar-refractivity contribution in [2.45, 2.75) is 57.9 Å². The maximum absolute atomic E-state index is 12.4. The van der Waals surface area contributed by atoms with E-state index < -0.39 is 0 Å². The minimum Gasteiger partial charge on any atom is -0.328 e. The SMILES string of the molecule is CC(N)CCN1C(=O)CC2(CCCCC2)C1=O. The van der Waals surface area contributed by atoms with Crippen molar-refractivity contribution in [3.8, 4) is 0 Å². The molecule has 17 heavy (non-hydrogen) atoms. The van der Waals surface area contributed by atoms with Gasteiger partial charge in [-0.25, -0.2) is 0 Å². The van der Waals surface area contributed by atoms with Crippen LogP contribution >= 0.6 is 0 Å². The fourth-order valence-corrected chi connectivity index (χ4v) is 3.04.